The molecular formula is C13H20KO. The van der Waals surface area contributed by atoms with Crippen LogP contribution in [-0.2, 0) is 0 Å². The van der Waals surface area contributed by atoms with Crippen molar-refractivity contribution in [2.75, 3.05) is 0 Å². The molecule has 2 heteroatoms. The summed E-state index contributed by atoms with van der Waals surface area (Å²) in [6.45, 7) is 10.5. The molecule has 1 aromatic rings. The summed E-state index contributed by atoms with van der Waals surface area (Å²) in [7, 11) is 0. The van der Waals surface area contributed by atoms with Crippen LogP contribution in [0.1, 0.15) is 56.2 Å². The first kappa shape index (κ1) is 15.7. The van der Waals surface area contributed by atoms with Crippen LogP contribution in [0, 0.1) is 6.92 Å². The minimum atomic E-state index is 0. The second-order valence-corrected chi connectivity index (χ2v) is 4.54. The van der Waals surface area contributed by atoms with E-state index in [0.29, 0.717) is 17.6 Å². The number of phenolic OH excluding ortho intramolecular Hbond substituents is 1. The Morgan fingerprint density at radius 3 is 1.93 bits per heavy atom. The van der Waals surface area contributed by atoms with E-state index < -0.39 is 0 Å². The maximum Gasteiger partial charge on any atom is 0.122 e. The number of hydrogen-bond donors (Lipinski definition) is 1. The summed E-state index contributed by atoms with van der Waals surface area (Å²) in [4.78, 5) is 0. The van der Waals surface area contributed by atoms with Gasteiger partial charge in [-0.05, 0) is 35.4 Å². The largest absolute Gasteiger partial charge is 0.507 e. The molecule has 0 aromatic heterocycles. The van der Waals surface area contributed by atoms with Gasteiger partial charge in [-0.1, -0.05) is 39.8 Å². The molecule has 0 heterocycles. The average Bonchev–Trinajstić information content (AvgIpc) is 2.02. The zero-order chi connectivity index (χ0) is 10.9. The molecular weight excluding hydrogens is 211 g/mol. The normalized spacial score (nSPS) is 10.6. The molecule has 1 rings (SSSR count). The van der Waals surface area contributed by atoms with E-state index in [2.05, 4.69) is 40.7 Å². The SMILES string of the molecule is Cc1ccc(C(C)C)c(O)c1C(C)C.[K]. The summed E-state index contributed by atoms with van der Waals surface area (Å²) in [5.74, 6) is 1.26. The van der Waals surface area contributed by atoms with Gasteiger partial charge in [-0.3, -0.25) is 0 Å². The Morgan fingerprint density at radius 2 is 1.53 bits per heavy atom. The maximum absolute atomic E-state index is 10.1. The molecule has 0 atom stereocenters. The van der Waals surface area contributed by atoms with Crippen LogP contribution in [0.3, 0.4) is 0 Å². The number of aromatic hydroxyl groups is 1. The molecule has 0 unspecified atom stereocenters. The Bertz CT molecular complexity index is 330. The fraction of sp³-hybridized carbons (Fsp3) is 0.538. The molecule has 0 fully saturated rings. The molecule has 0 aliphatic carbocycles. The first-order chi connectivity index (χ1) is 6.45. The van der Waals surface area contributed by atoms with Crippen molar-refractivity contribution in [3.8, 4) is 5.75 Å². The third kappa shape index (κ3) is 3.57. The Kier molecular flexibility index (Phi) is 6.69. The van der Waals surface area contributed by atoms with Gasteiger partial charge in [0.15, 0.2) is 0 Å². The molecule has 0 amide bonds. The molecule has 0 saturated heterocycles. The van der Waals surface area contributed by atoms with Crippen molar-refractivity contribution in [1.82, 2.24) is 0 Å². The zero-order valence-electron chi connectivity index (χ0n) is 10.8. The first-order valence-corrected chi connectivity index (χ1v) is 5.27. The number of aryl methyl sites for hydroxylation is 1. The van der Waals surface area contributed by atoms with Crippen LogP contribution < -0.4 is 0 Å². The number of phenols is 1. The summed E-state index contributed by atoms with van der Waals surface area (Å²) < 4.78 is 0. The summed E-state index contributed by atoms with van der Waals surface area (Å²) in [6, 6.07) is 4.13. The van der Waals surface area contributed by atoms with Crippen molar-refractivity contribution in [2.45, 2.75) is 46.5 Å². The molecule has 1 radical (unpaired) electrons. The van der Waals surface area contributed by atoms with Gasteiger partial charge in [0.25, 0.3) is 0 Å². The summed E-state index contributed by atoms with van der Waals surface area (Å²) in [5.41, 5.74) is 3.33. The number of rotatable bonds is 2. The van der Waals surface area contributed by atoms with Crippen LogP contribution in [0.5, 0.6) is 5.75 Å². The third-order valence-electron chi connectivity index (χ3n) is 2.67. The van der Waals surface area contributed by atoms with Gasteiger partial charge in [0, 0.05) is 51.4 Å². The first-order valence-electron chi connectivity index (χ1n) is 5.27. The van der Waals surface area contributed by atoms with E-state index >= 15 is 0 Å². The van der Waals surface area contributed by atoms with E-state index in [4.69, 9.17) is 0 Å². The molecule has 1 nitrogen and oxygen atoms in total. The summed E-state index contributed by atoms with van der Waals surface area (Å²) in [5, 5.41) is 10.1. The number of hydrogen-bond acceptors (Lipinski definition) is 1. The molecule has 0 bridgehead atoms. The molecule has 1 N–H and O–H groups in total. The molecule has 79 valence electrons. The van der Waals surface area contributed by atoms with E-state index in [9.17, 15) is 5.11 Å². The van der Waals surface area contributed by atoms with Gasteiger partial charge in [0.1, 0.15) is 5.75 Å². The Balaban J connectivity index is 0.00000196. The Hall–Kier alpha value is 0.656. The van der Waals surface area contributed by atoms with Crippen molar-refractivity contribution in [1.29, 1.82) is 0 Å². The predicted molar refractivity (Wildman–Crippen MR) is 66.8 cm³/mol. The van der Waals surface area contributed by atoms with Gasteiger partial charge in [-0.25, -0.2) is 0 Å². The second-order valence-electron chi connectivity index (χ2n) is 4.54. The van der Waals surface area contributed by atoms with E-state index in [-0.39, 0.29) is 51.4 Å². The van der Waals surface area contributed by atoms with Crippen LogP contribution in [0.25, 0.3) is 0 Å². The minimum absolute atomic E-state index is 0. The van der Waals surface area contributed by atoms with Crippen LogP contribution in [0.2, 0.25) is 0 Å². The molecule has 0 saturated carbocycles. The van der Waals surface area contributed by atoms with Crippen molar-refractivity contribution in [2.24, 2.45) is 0 Å². The predicted octanol–water partition coefficient (Wildman–Crippen LogP) is 3.57. The van der Waals surface area contributed by atoms with Crippen molar-refractivity contribution >= 4 is 51.4 Å². The van der Waals surface area contributed by atoms with Crippen LogP contribution in [0.4, 0.5) is 0 Å². The van der Waals surface area contributed by atoms with Crippen molar-refractivity contribution in [3.05, 3.63) is 28.8 Å². The van der Waals surface area contributed by atoms with Gasteiger partial charge >= 0.3 is 0 Å². The van der Waals surface area contributed by atoms with Crippen LogP contribution in [-0.4, -0.2) is 56.5 Å². The average molecular weight is 231 g/mol. The van der Waals surface area contributed by atoms with Gasteiger partial charge in [0.2, 0.25) is 0 Å². The standard InChI is InChI=1S/C13H20O.K/c1-8(2)11-7-6-10(5)12(9(3)4)13(11)14;/h6-9,14H,1-5H3;. The van der Waals surface area contributed by atoms with E-state index in [1.54, 1.807) is 0 Å². The molecule has 1 aromatic carbocycles. The maximum atomic E-state index is 10.1. The molecule has 0 aliphatic heterocycles. The van der Waals surface area contributed by atoms with Crippen LogP contribution >= 0.6 is 0 Å². The number of benzene rings is 1. The minimum Gasteiger partial charge on any atom is -0.507 e. The smallest absolute Gasteiger partial charge is 0.122 e. The fourth-order valence-electron chi connectivity index (χ4n) is 1.92. The Morgan fingerprint density at radius 1 is 1.00 bits per heavy atom. The topological polar surface area (TPSA) is 20.2 Å². The molecule has 15 heavy (non-hydrogen) atoms. The van der Waals surface area contributed by atoms with E-state index in [1.807, 2.05) is 6.07 Å². The van der Waals surface area contributed by atoms with Gasteiger partial charge in [0.05, 0.1) is 0 Å². The second kappa shape index (κ2) is 6.41. The van der Waals surface area contributed by atoms with E-state index in [0.717, 1.165) is 11.1 Å². The Labute approximate surface area is 136 Å². The van der Waals surface area contributed by atoms with Crippen molar-refractivity contribution < 1.29 is 5.11 Å². The van der Waals surface area contributed by atoms with Gasteiger partial charge in [-0.2, -0.15) is 0 Å². The monoisotopic (exact) mass is 231 g/mol. The van der Waals surface area contributed by atoms with E-state index in [1.165, 1.54) is 5.56 Å². The summed E-state index contributed by atoms with van der Waals surface area (Å²) in [6.07, 6.45) is 0. The summed E-state index contributed by atoms with van der Waals surface area (Å²) >= 11 is 0. The molecule has 0 aliphatic rings. The van der Waals surface area contributed by atoms with Crippen molar-refractivity contribution in [3.63, 3.8) is 0 Å². The zero-order valence-corrected chi connectivity index (χ0v) is 13.9. The quantitative estimate of drug-likeness (QED) is 0.772. The molecule has 0 spiro atoms. The van der Waals surface area contributed by atoms with Crippen LogP contribution in [0.15, 0.2) is 12.1 Å². The third-order valence-corrected chi connectivity index (χ3v) is 2.67. The van der Waals surface area contributed by atoms with Gasteiger partial charge in [-0.15, -0.1) is 0 Å². The van der Waals surface area contributed by atoms with Gasteiger partial charge < -0.3 is 5.11 Å². The fourth-order valence-corrected chi connectivity index (χ4v) is 1.92.